The summed E-state index contributed by atoms with van der Waals surface area (Å²) in [5.41, 5.74) is -0.427. The SMILES string of the molecule is C[C@@H](OCC[C@@H]1CCCN(C(=O)OC(C)(C)C)C1)c1cccs1. The highest BCUT2D eigenvalue weighted by molar-refractivity contribution is 7.10. The molecule has 0 aliphatic carbocycles. The summed E-state index contributed by atoms with van der Waals surface area (Å²) >= 11 is 1.73. The Labute approximate surface area is 143 Å². The van der Waals surface area contributed by atoms with Crippen molar-refractivity contribution in [2.24, 2.45) is 5.92 Å². The molecule has 0 spiro atoms. The predicted octanol–water partition coefficient (Wildman–Crippen LogP) is 4.86. The van der Waals surface area contributed by atoms with Crippen molar-refractivity contribution in [2.75, 3.05) is 19.7 Å². The van der Waals surface area contributed by atoms with Gasteiger partial charge in [-0.2, -0.15) is 0 Å². The number of ether oxygens (including phenoxy) is 2. The molecule has 0 saturated carbocycles. The first-order chi connectivity index (χ1) is 10.8. The third kappa shape index (κ3) is 6.15. The standard InChI is InChI=1S/C18H29NO3S/c1-14(16-8-6-12-23-16)21-11-9-15-7-5-10-19(13-15)17(20)22-18(2,3)4/h6,8,12,14-15H,5,7,9-11,13H2,1-4H3/t14-,15+/m1/s1. The zero-order valence-electron chi connectivity index (χ0n) is 14.7. The van der Waals surface area contributed by atoms with Gasteiger partial charge in [-0.15, -0.1) is 11.3 Å². The van der Waals surface area contributed by atoms with Crippen LogP contribution in [-0.2, 0) is 9.47 Å². The van der Waals surface area contributed by atoms with E-state index in [2.05, 4.69) is 24.4 Å². The summed E-state index contributed by atoms with van der Waals surface area (Å²) in [7, 11) is 0. The molecule has 4 nitrogen and oxygen atoms in total. The topological polar surface area (TPSA) is 38.8 Å². The molecule has 0 bridgehead atoms. The van der Waals surface area contributed by atoms with E-state index in [1.807, 2.05) is 25.7 Å². The zero-order valence-corrected chi connectivity index (χ0v) is 15.5. The van der Waals surface area contributed by atoms with E-state index in [9.17, 15) is 4.79 Å². The van der Waals surface area contributed by atoms with Gasteiger partial charge < -0.3 is 14.4 Å². The Kier molecular flexibility index (Phi) is 6.48. The fraction of sp³-hybridized carbons (Fsp3) is 0.722. The fourth-order valence-corrected chi connectivity index (χ4v) is 3.54. The van der Waals surface area contributed by atoms with Gasteiger partial charge in [-0.05, 0) is 64.3 Å². The average Bonchev–Trinajstić information content (AvgIpc) is 3.00. The summed E-state index contributed by atoms with van der Waals surface area (Å²) in [6.45, 7) is 10.2. The summed E-state index contributed by atoms with van der Waals surface area (Å²) in [6.07, 6.45) is 3.17. The molecule has 2 rings (SSSR count). The van der Waals surface area contributed by atoms with Crippen LogP contribution in [0.4, 0.5) is 4.79 Å². The highest BCUT2D eigenvalue weighted by Crippen LogP contribution is 2.25. The molecule has 5 heteroatoms. The number of hydrogen-bond donors (Lipinski definition) is 0. The molecule has 1 saturated heterocycles. The van der Waals surface area contributed by atoms with Crippen molar-refractivity contribution >= 4 is 17.4 Å². The first kappa shape index (κ1) is 18.3. The first-order valence-corrected chi connectivity index (χ1v) is 9.36. The molecule has 23 heavy (non-hydrogen) atoms. The van der Waals surface area contributed by atoms with Crippen molar-refractivity contribution in [3.05, 3.63) is 22.4 Å². The Morgan fingerprint density at radius 2 is 2.26 bits per heavy atom. The molecule has 0 radical (unpaired) electrons. The van der Waals surface area contributed by atoms with Crippen LogP contribution < -0.4 is 0 Å². The van der Waals surface area contributed by atoms with Crippen molar-refractivity contribution in [1.82, 2.24) is 4.90 Å². The van der Waals surface area contributed by atoms with Crippen LogP contribution >= 0.6 is 11.3 Å². The van der Waals surface area contributed by atoms with Crippen LogP contribution in [0.2, 0.25) is 0 Å². The minimum absolute atomic E-state index is 0.153. The van der Waals surface area contributed by atoms with Gasteiger partial charge in [0.2, 0.25) is 0 Å². The number of carbonyl (C=O) groups is 1. The Morgan fingerprint density at radius 1 is 1.48 bits per heavy atom. The van der Waals surface area contributed by atoms with Crippen molar-refractivity contribution in [1.29, 1.82) is 0 Å². The van der Waals surface area contributed by atoms with E-state index in [1.165, 1.54) is 4.88 Å². The Balaban J connectivity index is 1.72. The Bertz CT molecular complexity index is 481. The summed E-state index contributed by atoms with van der Waals surface area (Å²) < 4.78 is 11.4. The number of rotatable bonds is 5. The molecule has 1 aliphatic heterocycles. The normalized spacial score (nSPS) is 20.3. The molecular formula is C18H29NO3S. The molecule has 1 amide bonds. The predicted molar refractivity (Wildman–Crippen MR) is 93.8 cm³/mol. The number of hydrogen-bond acceptors (Lipinski definition) is 4. The number of amides is 1. The van der Waals surface area contributed by atoms with E-state index in [1.54, 1.807) is 11.3 Å². The van der Waals surface area contributed by atoms with Crippen LogP contribution in [-0.4, -0.2) is 36.3 Å². The lowest BCUT2D eigenvalue weighted by molar-refractivity contribution is 0.0109. The number of piperidine rings is 1. The quantitative estimate of drug-likeness (QED) is 0.769. The minimum atomic E-state index is -0.427. The number of carbonyl (C=O) groups excluding carboxylic acids is 1. The lowest BCUT2D eigenvalue weighted by Crippen LogP contribution is -2.43. The Hall–Kier alpha value is -1.07. The second-order valence-corrected chi connectivity index (χ2v) is 8.23. The van der Waals surface area contributed by atoms with Gasteiger partial charge in [-0.25, -0.2) is 4.79 Å². The first-order valence-electron chi connectivity index (χ1n) is 8.48. The van der Waals surface area contributed by atoms with Crippen molar-refractivity contribution in [2.45, 2.75) is 58.7 Å². The van der Waals surface area contributed by atoms with Crippen molar-refractivity contribution < 1.29 is 14.3 Å². The Morgan fingerprint density at radius 3 is 2.91 bits per heavy atom. The minimum Gasteiger partial charge on any atom is -0.444 e. The lowest BCUT2D eigenvalue weighted by Gasteiger charge is -2.34. The van der Waals surface area contributed by atoms with Crippen molar-refractivity contribution in [3.8, 4) is 0 Å². The summed E-state index contributed by atoms with van der Waals surface area (Å²) in [4.78, 5) is 15.3. The molecule has 1 aromatic heterocycles. The van der Waals surface area contributed by atoms with E-state index in [0.29, 0.717) is 5.92 Å². The smallest absolute Gasteiger partial charge is 0.410 e. The highest BCUT2D eigenvalue weighted by Gasteiger charge is 2.27. The molecule has 2 atom stereocenters. The van der Waals surface area contributed by atoms with Crippen LogP contribution in [0.15, 0.2) is 17.5 Å². The summed E-state index contributed by atoms with van der Waals surface area (Å²) in [5.74, 6) is 0.506. The number of nitrogens with zero attached hydrogens (tertiary/aromatic N) is 1. The van der Waals surface area contributed by atoms with Gasteiger partial charge in [0.25, 0.3) is 0 Å². The zero-order chi connectivity index (χ0) is 16.9. The molecule has 2 heterocycles. The van der Waals surface area contributed by atoms with E-state index >= 15 is 0 Å². The van der Waals surface area contributed by atoms with E-state index in [0.717, 1.165) is 39.0 Å². The molecule has 0 aromatic carbocycles. The maximum atomic E-state index is 12.2. The average molecular weight is 340 g/mol. The van der Waals surface area contributed by atoms with E-state index < -0.39 is 5.60 Å². The highest BCUT2D eigenvalue weighted by atomic mass is 32.1. The second kappa shape index (κ2) is 8.15. The summed E-state index contributed by atoms with van der Waals surface area (Å²) in [5, 5.41) is 2.08. The molecule has 1 aromatic rings. The number of thiophene rings is 1. The van der Waals surface area contributed by atoms with Crippen LogP contribution in [0.3, 0.4) is 0 Å². The fourth-order valence-electron chi connectivity index (χ4n) is 2.81. The number of likely N-dealkylation sites (tertiary alicyclic amines) is 1. The van der Waals surface area contributed by atoms with E-state index in [4.69, 9.17) is 9.47 Å². The molecule has 1 aliphatic rings. The molecule has 0 unspecified atom stereocenters. The van der Waals surface area contributed by atoms with E-state index in [-0.39, 0.29) is 12.2 Å². The molecule has 130 valence electrons. The molecular weight excluding hydrogens is 310 g/mol. The van der Waals surface area contributed by atoms with Gasteiger partial charge in [0.15, 0.2) is 0 Å². The third-order valence-corrected chi connectivity index (χ3v) is 5.04. The van der Waals surface area contributed by atoms with Crippen molar-refractivity contribution in [3.63, 3.8) is 0 Å². The maximum Gasteiger partial charge on any atom is 0.410 e. The lowest BCUT2D eigenvalue weighted by atomic mass is 9.95. The van der Waals surface area contributed by atoms with Gasteiger partial charge in [0, 0.05) is 24.6 Å². The summed E-state index contributed by atoms with van der Waals surface area (Å²) in [6, 6.07) is 4.17. The van der Waals surface area contributed by atoms with Crippen LogP contribution in [0.5, 0.6) is 0 Å². The third-order valence-electron chi connectivity index (χ3n) is 4.01. The van der Waals surface area contributed by atoms with Crippen LogP contribution in [0, 0.1) is 5.92 Å². The van der Waals surface area contributed by atoms with Gasteiger partial charge >= 0.3 is 6.09 Å². The van der Waals surface area contributed by atoms with Gasteiger partial charge in [0.1, 0.15) is 5.60 Å². The largest absolute Gasteiger partial charge is 0.444 e. The monoisotopic (exact) mass is 339 g/mol. The van der Waals surface area contributed by atoms with Gasteiger partial charge in [-0.1, -0.05) is 6.07 Å². The molecule has 0 N–H and O–H groups in total. The van der Waals surface area contributed by atoms with Crippen LogP contribution in [0.1, 0.15) is 57.9 Å². The maximum absolute atomic E-state index is 12.2. The molecule has 1 fully saturated rings. The second-order valence-electron chi connectivity index (χ2n) is 7.25. The van der Waals surface area contributed by atoms with Gasteiger partial charge in [0.05, 0.1) is 6.10 Å². The van der Waals surface area contributed by atoms with Crippen LogP contribution in [0.25, 0.3) is 0 Å². The van der Waals surface area contributed by atoms with Gasteiger partial charge in [-0.3, -0.25) is 0 Å².